The number of carboxylic acids is 1. The van der Waals surface area contributed by atoms with E-state index >= 15 is 0 Å². The first-order valence-corrected chi connectivity index (χ1v) is 8.98. The first kappa shape index (κ1) is 18.2. The van der Waals surface area contributed by atoms with E-state index in [0.29, 0.717) is 5.56 Å². The Morgan fingerprint density at radius 2 is 1.68 bits per heavy atom. The Labute approximate surface area is 161 Å². The molecule has 0 saturated heterocycles. The van der Waals surface area contributed by atoms with Crippen LogP contribution < -0.4 is 0 Å². The van der Waals surface area contributed by atoms with E-state index in [9.17, 15) is 19.8 Å². The van der Waals surface area contributed by atoms with E-state index in [4.69, 9.17) is 4.74 Å². The van der Waals surface area contributed by atoms with E-state index in [0.717, 1.165) is 15.7 Å². The number of carbonyl (C=O) groups excluding carboxylic acids is 1. The third kappa shape index (κ3) is 2.50. The monoisotopic (exact) mass is 377 g/mol. The van der Waals surface area contributed by atoms with Crippen LogP contribution in [0.2, 0.25) is 0 Å². The van der Waals surface area contributed by atoms with Crippen molar-refractivity contribution >= 4 is 22.6 Å². The Morgan fingerprint density at radius 1 is 1.07 bits per heavy atom. The molecule has 3 aromatic rings. The third-order valence-corrected chi connectivity index (χ3v) is 5.04. The van der Waals surface area contributed by atoms with Gasteiger partial charge in [0.05, 0.1) is 0 Å². The molecule has 4 rings (SSSR count). The van der Waals surface area contributed by atoms with Crippen molar-refractivity contribution < 1.29 is 24.5 Å². The standard InChI is InChI=1S/C22H19NO5/c1-2-28-22(21(26)27,16-10-4-3-5-11-16)23-19(24)17-12-14-8-6-7-9-15(14)13-18(17)20(23)25/h3-13,19,24H,2H2,1H3,(H,26,27). The van der Waals surface area contributed by atoms with Crippen molar-refractivity contribution in [3.8, 4) is 0 Å². The largest absolute Gasteiger partial charge is 0.477 e. The summed E-state index contributed by atoms with van der Waals surface area (Å²) in [5.41, 5.74) is -1.25. The molecule has 6 nitrogen and oxygen atoms in total. The molecule has 1 aliphatic rings. The van der Waals surface area contributed by atoms with Gasteiger partial charge in [-0.2, -0.15) is 0 Å². The van der Waals surface area contributed by atoms with E-state index in [1.165, 1.54) is 0 Å². The molecule has 3 aromatic carbocycles. The summed E-state index contributed by atoms with van der Waals surface area (Å²) >= 11 is 0. The number of aliphatic carboxylic acids is 1. The molecule has 0 aliphatic carbocycles. The van der Waals surface area contributed by atoms with Crippen LogP contribution in [0, 0.1) is 0 Å². The van der Waals surface area contributed by atoms with Crippen LogP contribution in [0.3, 0.4) is 0 Å². The van der Waals surface area contributed by atoms with Crippen molar-refractivity contribution in [3.05, 3.63) is 83.4 Å². The molecule has 0 fully saturated rings. The van der Waals surface area contributed by atoms with Crippen LogP contribution in [-0.4, -0.2) is 33.6 Å². The van der Waals surface area contributed by atoms with Crippen LogP contribution in [0.5, 0.6) is 0 Å². The highest BCUT2D eigenvalue weighted by molar-refractivity contribution is 6.05. The van der Waals surface area contributed by atoms with E-state index < -0.39 is 23.8 Å². The van der Waals surface area contributed by atoms with Crippen molar-refractivity contribution in [3.63, 3.8) is 0 Å². The molecule has 0 bridgehead atoms. The molecule has 2 atom stereocenters. The van der Waals surface area contributed by atoms with E-state index in [2.05, 4.69) is 0 Å². The second-order valence-corrected chi connectivity index (χ2v) is 6.58. The Bertz CT molecular complexity index is 1060. The number of ether oxygens (including phenoxy) is 1. The van der Waals surface area contributed by atoms with Gasteiger partial charge in [0.1, 0.15) is 0 Å². The van der Waals surface area contributed by atoms with Gasteiger partial charge in [0, 0.05) is 23.3 Å². The summed E-state index contributed by atoms with van der Waals surface area (Å²) in [7, 11) is 0. The van der Waals surface area contributed by atoms with Crippen LogP contribution in [0.15, 0.2) is 66.7 Å². The summed E-state index contributed by atoms with van der Waals surface area (Å²) in [6.07, 6.45) is -1.45. The van der Waals surface area contributed by atoms with Gasteiger partial charge in [-0.1, -0.05) is 54.6 Å². The summed E-state index contributed by atoms with van der Waals surface area (Å²) in [6, 6.07) is 19.1. The lowest BCUT2D eigenvalue weighted by Gasteiger charge is -2.39. The maximum atomic E-state index is 13.3. The fourth-order valence-electron chi connectivity index (χ4n) is 3.81. The average molecular weight is 377 g/mol. The molecular formula is C22H19NO5. The number of benzene rings is 3. The van der Waals surface area contributed by atoms with Crippen LogP contribution >= 0.6 is 0 Å². The zero-order valence-corrected chi connectivity index (χ0v) is 15.2. The predicted molar refractivity (Wildman–Crippen MR) is 102 cm³/mol. The van der Waals surface area contributed by atoms with Crippen LogP contribution in [0.25, 0.3) is 10.8 Å². The van der Waals surface area contributed by atoms with Gasteiger partial charge in [0.15, 0.2) is 6.23 Å². The van der Waals surface area contributed by atoms with Crippen molar-refractivity contribution in [2.24, 2.45) is 0 Å². The summed E-state index contributed by atoms with van der Waals surface area (Å²) in [4.78, 5) is 26.6. The Kier molecular flexibility index (Phi) is 4.37. The summed E-state index contributed by atoms with van der Waals surface area (Å²) in [5, 5.41) is 22.8. The Morgan fingerprint density at radius 3 is 2.29 bits per heavy atom. The average Bonchev–Trinajstić information content (AvgIpc) is 2.95. The van der Waals surface area contributed by atoms with Crippen molar-refractivity contribution in [2.75, 3.05) is 6.61 Å². The molecular weight excluding hydrogens is 358 g/mol. The summed E-state index contributed by atoms with van der Waals surface area (Å²) < 4.78 is 5.68. The fraction of sp³-hybridized carbons (Fsp3) is 0.182. The Balaban J connectivity index is 1.93. The highest BCUT2D eigenvalue weighted by atomic mass is 16.5. The zero-order valence-electron chi connectivity index (χ0n) is 15.2. The third-order valence-electron chi connectivity index (χ3n) is 5.04. The van der Waals surface area contributed by atoms with Gasteiger partial charge in [-0.25, -0.2) is 4.79 Å². The van der Waals surface area contributed by atoms with Gasteiger partial charge in [0.2, 0.25) is 0 Å². The number of hydrogen-bond donors (Lipinski definition) is 2. The molecule has 1 aliphatic heterocycles. The number of amides is 1. The fourth-order valence-corrected chi connectivity index (χ4v) is 3.81. The first-order valence-electron chi connectivity index (χ1n) is 8.98. The minimum Gasteiger partial charge on any atom is -0.477 e. The summed E-state index contributed by atoms with van der Waals surface area (Å²) in [5.74, 6) is -1.96. The highest BCUT2D eigenvalue weighted by Crippen LogP contribution is 2.44. The molecule has 142 valence electrons. The van der Waals surface area contributed by atoms with Gasteiger partial charge in [-0.3, -0.25) is 9.69 Å². The van der Waals surface area contributed by atoms with E-state index in [-0.39, 0.29) is 17.7 Å². The van der Waals surface area contributed by atoms with Crippen LogP contribution in [0.1, 0.15) is 34.6 Å². The quantitative estimate of drug-likeness (QED) is 0.713. The summed E-state index contributed by atoms with van der Waals surface area (Å²) in [6.45, 7) is 1.69. The molecule has 2 unspecified atom stereocenters. The molecule has 1 heterocycles. The van der Waals surface area contributed by atoms with Crippen LogP contribution in [0.4, 0.5) is 0 Å². The molecule has 6 heteroatoms. The predicted octanol–water partition coefficient (Wildman–Crippen LogP) is 3.26. The van der Waals surface area contributed by atoms with Gasteiger partial charge >= 0.3 is 5.97 Å². The number of fused-ring (bicyclic) bond motifs is 2. The minimum atomic E-state index is -2.14. The number of carboxylic acid groups (broad SMARTS) is 1. The van der Waals surface area contributed by atoms with Crippen LogP contribution in [-0.2, 0) is 15.3 Å². The highest BCUT2D eigenvalue weighted by Gasteiger charge is 2.56. The number of carbonyl (C=O) groups is 2. The molecule has 0 saturated carbocycles. The lowest BCUT2D eigenvalue weighted by molar-refractivity contribution is -0.212. The van der Waals surface area contributed by atoms with E-state index in [1.807, 2.05) is 24.3 Å². The van der Waals surface area contributed by atoms with Crippen molar-refractivity contribution in [1.29, 1.82) is 0 Å². The normalized spacial score (nSPS) is 18.1. The number of nitrogens with zero attached hydrogens (tertiary/aromatic N) is 1. The lowest BCUT2D eigenvalue weighted by atomic mass is 10.00. The number of hydrogen-bond acceptors (Lipinski definition) is 4. The molecule has 2 N–H and O–H groups in total. The molecule has 1 amide bonds. The van der Waals surface area contributed by atoms with Gasteiger partial charge in [0.25, 0.3) is 11.6 Å². The number of aliphatic hydroxyl groups is 1. The van der Waals surface area contributed by atoms with Crippen molar-refractivity contribution in [2.45, 2.75) is 18.9 Å². The molecule has 0 aromatic heterocycles. The SMILES string of the molecule is CCOC(C(=O)O)(c1ccccc1)N1C(=O)c2cc3ccccc3cc2C1O. The first-order chi connectivity index (χ1) is 13.5. The smallest absolute Gasteiger partial charge is 0.362 e. The van der Waals surface area contributed by atoms with Gasteiger partial charge in [-0.15, -0.1) is 0 Å². The topological polar surface area (TPSA) is 87.1 Å². The zero-order chi connectivity index (χ0) is 19.9. The molecule has 0 radical (unpaired) electrons. The minimum absolute atomic E-state index is 0.0377. The van der Waals surface area contributed by atoms with E-state index in [1.54, 1.807) is 49.4 Å². The number of rotatable bonds is 5. The second kappa shape index (κ2) is 6.74. The number of aliphatic hydroxyl groups excluding tert-OH is 1. The second-order valence-electron chi connectivity index (χ2n) is 6.58. The lowest BCUT2D eigenvalue weighted by Crippen LogP contribution is -2.55. The van der Waals surface area contributed by atoms with Gasteiger partial charge < -0.3 is 14.9 Å². The molecule has 0 spiro atoms. The molecule has 28 heavy (non-hydrogen) atoms. The van der Waals surface area contributed by atoms with Gasteiger partial charge in [-0.05, 0) is 29.8 Å². The van der Waals surface area contributed by atoms with Crippen molar-refractivity contribution in [1.82, 2.24) is 4.90 Å². The maximum Gasteiger partial charge on any atom is 0.362 e. The maximum absolute atomic E-state index is 13.3. The Hall–Kier alpha value is -3.22.